The third kappa shape index (κ3) is 5.80. The van der Waals surface area contributed by atoms with Crippen molar-refractivity contribution < 1.29 is 14.3 Å². The van der Waals surface area contributed by atoms with Gasteiger partial charge >= 0.3 is 5.97 Å². The highest BCUT2D eigenvalue weighted by Crippen LogP contribution is 2.22. The maximum atomic E-state index is 12.1. The van der Waals surface area contributed by atoms with Crippen LogP contribution in [0.1, 0.15) is 28.8 Å². The van der Waals surface area contributed by atoms with Crippen LogP contribution in [0.5, 0.6) is 0 Å². The smallest absolute Gasteiger partial charge is 0.338 e. The van der Waals surface area contributed by atoms with Gasteiger partial charge in [0.2, 0.25) is 5.91 Å². The summed E-state index contributed by atoms with van der Waals surface area (Å²) in [5.74, 6) is 0.366. The zero-order valence-electron chi connectivity index (χ0n) is 14.2. The van der Waals surface area contributed by atoms with Crippen molar-refractivity contribution in [2.75, 3.05) is 18.2 Å². The highest BCUT2D eigenvalue weighted by atomic mass is 35.5. The van der Waals surface area contributed by atoms with Gasteiger partial charge in [0.15, 0.2) is 0 Å². The topological polar surface area (TPSA) is 55.4 Å². The average Bonchev–Trinajstić information content (AvgIpc) is 2.61. The second-order valence-electron chi connectivity index (χ2n) is 5.42. The molecule has 4 nitrogen and oxygen atoms in total. The van der Waals surface area contributed by atoms with Crippen LogP contribution in [-0.4, -0.2) is 24.7 Å². The van der Waals surface area contributed by atoms with E-state index >= 15 is 0 Å². The molecule has 0 saturated heterocycles. The minimum Gasteiger partial charge on any atom is -0.465 e. The first-order valence-corrected chi connectivity index (χ1v) is 9.23. The largest absolute Gasteiger partial charge is 0.465 e. The Hall–Kier alpha value is -1.98. The van der Waals surface area contributed by atoms with Crippen LogP contribution in [0.25, 0.3) is 0 Å². The van der Waals surface area contributed by atoms with E-state index in [1.807, 2.05) is 24.3 Å². The van der Waals surface area contributed by atoms with Crippen LogP contribution in [0.15, 0.2) is 47.4 Å². The predicted octanol–water partition coefficient (Wildman–Crippen LogP) is 4.95. The summed E-state index contributed by atoms with van der Waals surface area (Å²) in [6, 6.07) is 12.8. The van der Waals surface area contributed by atoms with Gasteiger partial charge in [0.1, 0.15) is 0 Å². The van der Waals surface area contributed by atoms with Crippen molar-refractivity contribution in [2.24, 2.45) is 0 Å². The Labute approximate surface area is 156 Å². The molecule has 0 radical (unpaired) electrons. The molecule has 1 amide bonds. The van der Waals surface area contributed by atoms with Gasteiger partial charge in [-0.25, -0.2) is 4.79 Å². The molecule has 0 aliphatic heterocycles. The maximum Gasteiger partial charge on any atom is 0.338 e. The van der Waals surface area contributed by atoms with Crippen molar-refractivity contribution in [1.29, 1.82) is 0 Å². The predicted molar refractivity (Wildman–Crippen MR) is 103 cm³/mol. The van der Waals surface area contributed by atoms with Crippen LogP contribution in [0, 0.1) is 6.92 Å². The first-order chi connectivity index (χ1) is 12.0. The maximum absolute atomic E-state index is 12.1. The quantitative estimate of drug-likeness (QED) is 0.421. The minimum absolute atomic E-state index is 0.0678. The Kier molecular flexibility index (Phi) is 7.34. The van der Waals surface area contributed by atoms with Gasteiger partial charge in [-0.3, -0.25) is 4.79 Å². The molecule has 132 valence electrons. The fraction of sp³-hybridized carbons (Fsp3) is 0.263. The fourth-order valence-corrected chi connectivity index (χ4v) is 3.25. The van der Waals surface area contributed by atoms with E-state index in [9.17, 15) is 9.59 Å². The molecule has 0 aromatic heterocycles. The second kappa shape index (κ2) is 9.49. The molecule has 0 aliphatic rings. The van der Waals surface area contributed by atoms with Crippen molar-refractivity contribution in [3.63, 3.8) is 0 Å². The molecule has 0 aliphatic carbocycles. The Morgan fingerprint density at radius 3 is 2.56 bits per heavy atom. The van der Waals surface area contributed by atoms with Crippen molar-refractivity contribution in [3.8, 4) is 0 Å². The summed E-state index contributed by atoms with van der Waals surface area (Å²) in [4.78, 5) is 24.9. The molecule has 0 fully saturated rings. The Morgan fingerprint density at radius 2 is 1.88 bits per heavy atom. The number of hydrogen-bond donors (Lipinski definition) is 1. The van der Waals surface area contributed by atoms with Crippen molar-refractivity contribution in [3.05, 3.63) is 58.6 Å². The van der Waals surface area contributed by atoms with Crippen molar-refractivity contribution in [2.45, 2.75) is 24.7 Å². The number of anilines is 1. The van der Waals surface area contributed by atoms with Gasteiger partial charge in [0.05, 0.1) is 12.7 Å². The number of rotatable bonds is 7. The van der Waals surface area contributed by atoms with E-state index in [0.717, 1.165) is 17.1 Å². The lowest BCUT2D eigenvalue weighted by Gasteiger charge is -2.11. The first kappa shape index (κ1) is 19.3. The van der Waals surface area contributed by atoms with E-state index in [1.165, 1.54) is 7.11 Å². The van der Waals surface area contributed by atoms with Crippen LogP contribution in [0.3, 0.4) is 0 Å². The summed E-state index contributed by atoms with van der Waals surface area (Å²) in [6.07, 6.45) is 1.18. The lowest BCUT2D eigenvalue weighted by Crippen LogP contribution is -2.14. The molecule has 0 unspecified atom stereocenters. The van der Waals surface area contributed by atoms with Crippen LogP contribution in [-0.2, 0) is 9.53 Å². The number of ether oxygens (including phenoxy) is 1. The fourth-order valence-electron chi connectivity index (χ4n) is 2.27. The molecule has 25 heavy (non-hydrogen) atoms. The molecule has 0 heterocycles. The summed E-state index contributed by atoms with van der Waals surface area (Å²) in [5, 5.41) is 3.58. The number of hydrogen-bond acceptors (Lipinski definition) is 4. The molecule has 0 atom stereocenters. The van der Waals surface area contributed by atoms with Gasteiger partial charge in [0, 0.05) is 22.0 Å². The molecule has 6 heteroatoms. The van der Waals surface area contributed by atoms with E-state index in [4.69, 9.17) is 16.3 Å². The van der Waals surface area contributed by atoms with Crippen LogP contribution < -0.4 is 5.32 Å². The monoisotopic (exact) mass is 377 g/mol. The molecular weight excluding hydrogens is 358 g/mol. The number of methoxy groups -OCH3 is 1. The van der Waals surface area contributed by atoms with Crippen LogP contribution in [0.2, 0.25) is 5.02 Å². The standard InChI is InChI=1S/C19H20ClNO3S/c1-13-16(19(23)24-2)5-3-6-17(13)21-18(22)7-4-12-25-15-10-8-14(20)9-11-15/h3,5-6,8-11H,4,7,12H2,1-2H3,(H,21,22). The average molecular weight is 378 g/mol. The zero-order valence-corrected chi connectivity index (χ0v) is 15.7. The number of benzene rings is 2. The normalized spacial score (nSPS) is 10.4. The molecule has 0 spiro atoms. The van der Waals surface area contributed by atoms with Crippen molar-refractivity contribution >= 4 is 40.9 Å². The molecular formula is C19H20ClNO3S. The second-order valence-corrected chi connectivity index (χ2v) is 7.03. The molecule has 0 bridgehead atoms. The van der Waals surface area contributed by atoms with Crippen LogP contribution >= 0.6 is 23.4 Å². The van der Waals surface area contributed by atoms with Gasteiger partial charge in [0.25, 0.3) is 0 Å². The summed E-state index contributed by atoms with van der Waals surface area (Å²) >= 11 is 7.54. The van der Waals surface area contributed by atoms with E-state index < -0.39 is 5.97 Å². The number of amides is 1. The van der Waals surface area contributed by atoms with Gasteiger partial charge in [-0.05, 0) is 61.1 Å². The Morgan fingerprint density at radius 1 is 1.16 bits per heavy atom. The molecule has 2 aromatic carbocycles. The SMILES string of the molecule is COC(=O)c1cccc(NC(=O)CCCSc2ccc(Cl)cc2)c1C. The first-order valence-electron chi connectivity index (χ1n) is 7.87. The molecule has 1 N–H and O–H groups in total. The zero-order chi connectivity index (χ0) is 18.2. The summed E-state index contributed by atoms with van der Waals surface area (Å²) in [7, 11) is 1.34. The summed E-state index contributed by atoms with van der Waals surface area (Å²) in [5.41, 5.74) is 1.80. The van der Waals surface area contributed by atoms with Gasteiger partial charge in [-0.2, -0.15) is 0 Å². The lowest BCUT2D eigenvalue weighted by molar-refractivity contribution is -0.116. The Balaban J connectivity index is 1.82. The van der Waals surface area contributed by atoms with Crippen LogP contribution in [0.4, 0.5) is 5.69 Å². The third-order valence-corrected chi connectivity index (χ3v) is 4.99. The molecule has 0 saturated carbocycles. The highest BCUT2D eigenvalue weighted by molar-refractivity contribution is 7.99. The number of carbonyl (C=O) groups excluding carboxylic acids is 2. The number of halogens is 1. The van der Waals surface area contributed by atoms with Gasteiger partial charge in [-0.1, -0.05) is 17.7 Å². The Bertz CT molecular complexity index is 747. The molecule has 2 rings (SSSR count). The molecule has 2 aromatic rings. The van der Waals surface area contributed by atoms with E-state index in [-0.39, 0.29) is 5.91 Å². The number of carbonyl (C=O) groups is 2. The third-order valence-electron chi connectivity index (χ3n) is 3.64. The van der Waals surface area contributed by atoms with E-state index in [2.05, 4.69) is 5.32 Å². The van der Waals surface area contributed by atoms with Gasteiger partial charge in [-0.15, -0.1) is 11.8 Å². The number of thioether (sulfide) groups is 1. The summed E-state index contributed by atoms with van der Waals surface area (Å²) < 4.78 is 4.74. The summed E-state index contributed by atoms with van der Waals surface area (Å²) in [6.45, 7) is 1.79. The highest BCUT2D eigenvalue weighted by Gasteiger charge is 2.13. The lowest BCUT2D eigenvalue weighted by atomic mass is 10.1. The minimum atomic E-state index is -0.409. The van der Waals surface area contributed by atoms with Crippen molar-refractivity contribution in [1.82, 2.24) is 0 Å². The van der Waals surface area contributed by atoms with Gasteiger partial charge < -0.3 is 10.1 Å². The van der Waals surface area contributed by atoms with E-state index in [0.29, 0.717) is 28.3 Å². The number of nitrogens with one attached hydrogen (secondary N) is 1. The number of esters is 1. The van der Waals surface area contributed by atoms with E-state index in [1.54, 1.807) is 36.9 Å².